The van der Waals surface area contributed by atoms with Crippen LogP contribution in [-0.2, 0) is 4.79 Å². The molecule has 1 aromatic rings. The van der Waals surface area contributed by atoms with E-state index >= 15 is 0 Å². The molecular formula is C13H18BrClN2O. The Morgan fingerprint density at radius 3 is 2.89 bits per heavy atom. The highest BCUT2D eigenvalue weighted by molar-refractivity contribution is 9.10. The van der Waals surface area contributed by atoms with Gasteiger partial charge in [-0.15, -0.1) is 0 Å². The topological polar surface area (TPSA) is 41.1 Å². The number of anilines is 1. The lowest BCUT2D eigenvalue weighted by molar-refractivity contribution is -0.121. The second-order valence-electron chi connectivity index (χ2n) is 4.13. The van der Waals surface area contributed by atoms with E-state index in [0.717, 1.165) is 23.0 Å². The van der Waals surface area contributed by atoms with Crippen molar-refractivity contribution >= 4 is 39.1 Å². The minimum atomic E-state index is -0.311. The van der Waals surface area contributed by atoms with Crippen LogP contribution in [0.25, 0.3) is 0 Å². The number of carbonyl (C=O) groups is 1. The first-order valence-electron chi connectivity index (χ1n) is 6.04. The van der Waals surface area contributed by atoms with Crippen LogP contribution in [0.4, 0.5) is 5.69 Å². The van der Waals surface area contributed by atoms with Gasteiger partial charge in [-0.3, -0.25) is 4.79 Å². The van der Waals surface area contributed by atoms with E-state index in [1.54, 1.807) is 6.07 Å². The molecule has 1 amide bonds. The van der Waals surface area contributed by atoms with Crippen LogP contribution in [0.3, 0.4) is 0 Å². The summed E-state index contributed by atoms with van der Waals surface area (Å²) >= 11 is 9.43. The number of hydrogen-bond acceptors (Lipinski definition) is 2. The predicted molar refractivity (Wildman–Crippen MR) is 80.2 cm³/mol. The average Bonchev–Trinajstić information content (AvgIpc) is 2.34. The molecule has 0 bridgehead atoms. The third-order valence-corrected chi connectivity index (χ3v) is 3.35. The zero-order chi connectivity index (χ0) is 13.5. The van der Waals surface area contributed by atoms with Crippen molar-refractivity contribution in [3.63, 3.8) is 0 Å². The van der Waals surface area contributed by atoms with Gasteiger partial charge >= 0.3 is 0 Å². The van der Waals surface area contributed by atoms with Crippen LogP contribution >= 0.6 is 27.5 Å². The Bertz CT molecular complexity index is 412. The zero-order valence-corrected chi connectivity index (χ0v) is 12.9. The van der Waals surface area contributed by atoms with Gasteiger partial charge in [-0.25, -0.2) is 0 Å². The maximum Gasteiger partial charge on any atom is 0.242 e. The molecule has 0 aliphatic rings. The van der Waals surface area contributed by atoms with Crippen LogP contribution in [0.15, 0.2) is 22.7 Å². The number of unbranched alkanes of at least 4 members (excludes halogenated alkanes) is 1. The molecule has 1 atom stereocenters. The van der Waals surface area contributed by atoms with Gasteiger partial charge in [-0.1, -0.05) is 40.9 Å². The summed E-state index contributed by atoms with van der Waals surface area (Å²) in [5, 5.41) is 6.59. The van der Waals surface area contributed by atoms with Crippen molar-refractivity contribution < 1.29 is 4.79 Å². The molecular weight excluding hydrogens is 316 g/mol. The largest absolute Gasteiger partial charge is 0.373 e. The average molecular weight is 334 g/mol. The molecule has 2 N–H and O–H groups in total. The normalized spacial score (nSPS) is 12.0. The van der Waals surface area contributed by atoms with Crippen molar-refractivity contribution in [3.05, 3.63) is 27.7 Å². The molecule has 0 heterocycles. The van der Waals surface area contributed by atoms with Gasteiger partial charge in [0.1, 0.15) is 6.04 Å². The highest BCUT2D eigenvalue weighted by Gasteiger charge is 2.13. The summed E-state index contributed by atoms with van der Waals surface area (Å²) in [5.41, 5.74) is 0.754. The standard InChI is InChI=1S/C13H18BrClN2O/c1-3-4-7-16-13(18)9(2)17-12-8-10(14)5-6-11(12)15/h5-6,8-9,17H,3-4,7H2,1-2H3,(H,16,18). The van der Waals surface area contributed by atoms with Crippen molar-refractivity contribution in [3.8, 4) is 0 Å². The molecule has 1 rings (SSSR count). The molecule has 1 aromatic carbocycles. The first-order chi connectivity index (χ1) is 8.54. The fraction of sp³-hybridized carbons (Fsp3) is 0.462. The van der Waals surface area contributed by atoms with Crippen LogP contribution in [0.5, 0.6) is 0 Å². The van der Waals surface area contributed by atoms with Crippen LogP contribution in [0.1, 0.15) is 26.7 Å². The van der Waals surface area contributed by atoms with E-state index in [-0.39, 0.29) is 11.9 Å². The third kappa shape index (κ3) is 4.86. The molecule has 3 nitrogen and oxygen atoms in total. The van der Waals surface area contributed by atoms with Crippen molar-refractivity contribution in [2.75, 3.05) is 11.9 Å². The number of halogens is 2. The maximum atomic E-state index is 11.8. The Kier molecular flexibility index (Phi) is 6.50. The van der Waals surface area contributed by atoms with Gasteiger partial charge in [0.05, 0.1) is 10.7 Å². The SMILES string of the molecule is CCCCNC(=O)C(C)Nc1cc(Br)ccc1Cl. The minimum absolute atomic E-state index is 0.0144. The number of benzene rings is 1. The zero-order valence-electron chi connectivity index (χ0n) is 10.6. The summed E-state index contributed by atoms with van der Waals surface area (Å²) in [5.74, 6) is -0.0144. The van der Waals surface area contributed by atoms with E-state index < -0.39 is 0 Å². The number of rotatable bonds is 6. The summed E-state index contributed by atoms with van der Waals surface area (Å²) in [4.78, 5) is 11.8. The molecule has 1 unspecified atom stereocenters. The molecule has 18 heavy (non-hydrogen) atoms. The second-order valence-corrected chi connectivity index (χ2v) is 5.46. The highest BCUT2D eigenvalue weighted by atomic mass is 79.9. The van der Waals surface area contributed by atoms with Gasteiger partial charge in [-0.05, 0) is 31.5 Å². The molecule has 0 spiro atoms. The van der Waals surface area contributed by atoms with Gasteiger partial charge in [0.25, 0.3) is 0 Å². The van der Waals surface area contributed by atoms with E-state index in [1.165, 1.54) is 0 Å². The first-order valence-corrected chi connectivity index (χ1v) is 7.21. The van der Waals surface area contributed by atoms with E-state index in [9.17, 15) is 4.79 Å². The quantitative estimate of drug-likeness (QED) is 0.777. The number of carbonyl (C=O) groups excluding carboxylic acids is 1. The van der Waals surface area contributed by atoms with E-state index in [2.05, 4.69) is 33.5 Å². The summed E-state index contributed by atoms with van der Waals surface area (Å²) < 4.78 is 0.924. The summed E-state index contributed by atoms with van der Waals surface area (Å²) in [6, 6.07) is 5.20. The molecule has 0 radical (unpaired) electrons. The lowest BCUT2D eigenvalue weighted by Crippen LogP contribution is -2.38. The Morgan fingerprint density at radius 1 is 1.50 bits per heavy atom. The highest BCUT2D eigenvalue weighted by Crippen LogP contribution is 2.26. The monoisotopic (exact) mass is 332 g/mol. The van der Waals surface area contributed by atoms with Crippen molar-refractivity contribution in [1.29, 1.82) is 0 Å². The van der Waals surface area contributed by atoms with Crippen molar-refractivity contribution in [2.24, 2.45) is 0 Å². The lowest BCUT2D eigenvalue weighted by Gasteiger charge is -2.16. The van der Waals surface area contributed by atoms with Crippen LogP contribution in [0.2, 0.25) is 5.02 Å². The molecule has 0 aliphatic carbocycles. The molecule has 100 valence electrons. The Hall–Kier alpha value is -0.740. The Morgan fingerprint density at radius 2 is 2.22 bits per heavy atom. The molecule has 5 heteroatoms. The van der Waals surface area contributed by atoms with E-state index in [4.69, 9.17) is 11.6 Å². The third-order valence-electron chi connectivity index (χ3n) is 2.52. The lowest BCUT2D eigenvalue weighted by atomic mass is 10.2. The predicted octanol–water partition coefficient (Wildman–Crippen LogP) is 3.82. The van der Waals surface area contributed by atoms with Gasteiger partial charge in [0.15, 0.2) is 0 Å². The Balaban J connectivity index is 2.55. The van der Waals surface area contributed by atoms with Gasteiger partial charge in [-0.2, -0.15) is 0 Å². The van der Waals surface area contributed by atoms with Gasteiger partial charge in [0.2, 0.25) is 5.91 Å². The molecule has 0 saturated heterocycles. The van der Waals surface area contributed by atoms with Gasteiger partial charge < -0.3 is 10.6 Å². The summed E-state index contributed by atoms with van der Waals surface area (Å²) in [7, 11) is 0. The molecule has 0 saturated carbocycles. The van der Waals surface area contributed by atoms with Crippen LogP contribution in [0, 0.1) is 0 Å². The van der Waals surface area contributed by atoms with E-state index in [1.807, 2.05) is 19.1 Å². The van der Waals surface area contributed by atoms with E-state index in [0.29, 0.717) is 11.6 Å². The number of hydrogen-bond donors (Lipinski definition) is 2. The minimum Gasteiger partial charge on any atom is -0.373 e. The first kappa shape index (κ1) is 15.3. The number of nitrogens with one attached hydrogen (secondary N) is 2. The fourth-order valence-electron chi connectivity index (χ4n) is 1.45. The van der Waals surface area contributed by atoms with Crippen molar-refractivity contribution in [1.82, 2.24) is 5.32 Å². The second kappa shape index (κ2) is 7.64. The van der Waals surface area contributed by atoms with Crippen molar-refractivity contribution in [2.45, 2.75) is 32.7 Å². The Labute approximate surface area is 121 Å². The molecule has 0 fully saturated rings. The molecule has 0 aliphatic heterocycles. The number of amides is 1. The smallest absolute Gasteiger partial charge is 0.242 e. The van der Waals surface area contributed by atoms with Gasteiger partial charge in [0, 0.05) is 11.0 Å². The summed E-state index contributed by atoms with van der Waals surface area (Å²) in [6.45, 7) is 4.63. The maximum absolute atomic E-state index is 11.8. The fourth-order valence-corrected chi connectivity index (χ4v) is 1.98. The van der Waals surface area contributed by atoms with Crippen LogP contribution < -0.4 is 10.6 Å². The molecule has 0 aromatic heterocycles. The summed E-state index contributed by atoms with van der Waals surface area (Å²) in [6.07, 6.45) is 2.07. The van der Waals surface area contributed by atoms with Crippen LogP contribution in [-0.4, -0.2) is 18.5 Å².